The first-order valence-corrected chi connectivity index (χ1v) is 6.48. The Hall–Kier alpha value is -2.34. The molecule has 104 valence electrons. The molecule has 1 atom stereocenters. The van der Waals surface area contributed by atoms with Crippen molar-refractivity contribution in [3.8, 4) is 5.75 Å². The van der Waals surface area contributed by atoms with E-state index in [-0.39, 0.29) is 17.7 Å². The lowest BCUT2D eigenvalue weighted by atomic mass is 10.0. The minimum Gasteiger partial charge on any atom is -0.506 e. The van der Waals surface area contributed by atoms with E-state index < -0.39 is 0 Å². The summed E-state index contributed by atoms with van der Waals surface area (Å²) in [5, 5.41) is 15.7. The third kappa shape index (κ3) is 2.37. The predicted molar refractivity (Wildman–Crippen MR) is 74.4 cm³/mol. The number of aryl methyl sites for hydroxylation is 1. The summed E-state index contributed by atoms with van der Waals surface area (Å²) >= 11 is 0. The highest BCUT2D eigenvalue weighted by Gasteiger charge is 2.26. The van der Waals surface area contributed by atoms with Gasteiger partial charge in [-0.05, 0) is 24.6 Å². The summed E-state index contributed by atoms with van der Waals surface area (Å²) in [6.07, 6.45) is 2.18. The van der Waals surface area contributed by atoms with Gasteiger partial charge in [-0.25, -0.2) is 4.98 Å². The van der Waals surface area contributed by atoms with Crippen molar-refractivity contribution in [1.82, 2.24) is 15.3 Å². The fraction of sp³-hybridized carbons (Fsp3) is 0.286. The van der Waals surface area contributed by atoms with Crippen molar-refractivity contribution in [1.29, 1.82) is 0 Å². The number of H-pyrrole nitrogens is 1. The third-order valence-corrected chi connectivity index (χ3v) is 3.46. The fourth-order valence-electron chi connectivity index (χ4n) is 2.32. The molecule has 0 saturated carbocycles. The van der Waals surface area contributed by atoms with Crippen LogP contribution in [0.5, 0.6) is 5.75 Å². The van der Waals surface area contributed by atoms with Gasteiger partial charge in [0.2, 0.25) is 5.91 Å². The number of fused-ring (bicyclic) bond motifs is 1. The Bertz CT molecular complexity index is 650. The minimum atomic E-state index is -0.342. The molecule has 1 unspecified atom stereocenters. The van der Waals surface area contributed by atoms with Crippen LogP contribution in [0.25, 0.3) is 0 Å². The molecule has 0 fully saturated rings. The number of phenols is 1. The van der Waals surface area contributed by atoms with Crippen LogP contribution in [0.4, 0.5) is 5.69 Å². The van der Waals surface area contributed by atoms with Gasteiger partial charge in [0.15, 0.2) is 0 Å². The molecule has 3 rings (SSSR count). The van der Waals surface area contributed by atoms with Crippen molar-refractivity contribution in [3.05, 3.63) is 41.5 Å². The Morgan fingerprint density at radius 2 is 2.35 bits per heavy atom. The normalized spacial score (nSPS) is 17.6. The molecule has 0 spiro atoms. The van der Waals surface area contributed by atoms with Crippen molar-refractivity contribution in [3.63, 3.8) is 0 Å². The number of nitrogens with one attached hydrogen (secondary N) is 3. The van der Waals surface area contributed by atoms with Gasteiger partial charge in [-0.1, -0.05) is 6.07 Å². The molecule has 1 aliphatic heterocycles. The number of carbonyl (C=O) groups is 1. The Morgan fingerprint density at radius 1 is 1.50 bits per heavy atom. The average Bonchev–Trinajstić information content (AvgIpc) is 2.90. The largest absolute Gasteiger partial charge is 0.506 e. The van der Waals surface area contributed by atoms with Gasteiger partial charge in [-0.15, -0.1) is 0 Å². The number of aromatic amines is 1. The molecule has 4 N–H and O–H groups in total. The lowest BCUT2D eigenvalue weighted by Crippen LogP contribution is -2.44. The first-order valence-electron chi connectivity index (χ1n) is 6.48. The summed E-state index contributed by atoms with van der Waals surface area (Å²) in [5.41, 5.74) is 3.35. The molecule has 20 heavy (non-hydrogen) atoms. The second-order valence-electron chi connectivity index (χ2n) is 4.98. The maximum atomic E-state index is 12.2. The molecule has 0 radical (unpaired) electrons. The van der Waals surface area contributed by atoms with Crippen molar-refractivity contribution < 1.29 is 9.90 Å². The van der Waals surface area contributed by atoms with Crippen LogP contribution in [0.1, 0.15) is 17.0 Å². The number of amides is 1. The molecule has 6 heteroatoms. The van der Waals surface area contributed by atoms with E-state index in [2.05, 4.69) is 20.6 Å². The van der Waals surface area contributed by atoms with Gasteiger partial charge in [-0.2, -0.15) is 0 Å². The number of nitrogens with zero attached hydrogens (tertiary/aromatic N) is 1. The van der Waals surface area contributed by atoms with E-state index in [9.17, 15) is 9.90 Å². The van der Waals surface area contributed by atoms with Crippen LogP contribution in [0.2, 0.25) is 0 Å². The van der Waals surface area contributed by atoms with E-state index in [1.165, 1.54) is 0 Å². The summed E-state index contributed by atoms with van der Waals surface area (Å²) in [6, 6.07) is 4.77. The smallest absolute Gasteiger partial charge is 0.242 e. The zero-order chi connectivity index (χ0) is 14.1. The van der Waals surface area contributed by atoms with E-state index in [0.29, 0.717) is 18.7 Å². The topological polar surface area (TPSA) is 90.0 Å². The van der Waals surface area contributed by atoms with Gasteiger partial charge in [0.25, 0.3) is 0 Å². The fourth-order valence-corrected chi connectivity index (χ4v) is 2.32. The van der Waals surface area contributed by atoms with Crippen molar-refractivity contribution >= 4 is 11.6 Å². The molecule has 1 amide bonds. The molecular formula is C14H16N4O2. The standard InChI is InChI=1S/C14H16N4O2/c1-8-2-3-13(19)10(4-8)18-14(20)11-5-9-12(6-15-11)17-7-16-9/h2-4,7,11,15,19H,5-6H2,1H3,(H,16,17)(H,18,20). The average molecular weight is 272 g/mol. The van der Waals surface area contributed by atoms with Crippen molar-refractivity contribution in [2.75, 3.05) is 5.32 Å². The number of hydrogen-bond donors (Lipinski definition) is 4. The monoisotopic (exact) mass is 272 g/mol. The molecule has 2 heterocycles. The summed E-state index contributed by atoms with van der Waals surface area (Å²) in [4.78, 5) is 19.5. The number of anilines is 1. The summed E-state index contributed by atoms with van der Waals surface area (Å²) < 4.78 is 0. The summed E-state index contributed by atoms with van der Waals surface area (Å²) in [6.45, 7) is 2.50. The van der Waals surface area contributed by atoms with Gasteiger partial charge < -0.3 is 15.4 Å². The predicted octanol–water partition coefficient (Wildman–Crippen LogP) is 1.08. The van der Waals surface area contributed by atoms with Gasteiger partial charge >= 0.3 is 0 Å². The molecule has 0 bridgehead atoms. The van der Waals surface area contributed by atoms with E-state index >= 15 is 0 Å². The second kappa shape index (κ2) is 4.97. The highest BCUT2D eigenvalue weighted by Crippen LogP contribution is 2.24. The summed E-state index contributed by atoms with van der Waals surface area (Å²) in [5.74, 6) is -0.0974. The molecule has 1 aromatic carbocycles. The van der Waals surface area contributed by atoms with Gasteiger partial charge in [0, 0.05) is 13.0 Å². The molecule has 1 aromatic heterocycles. The zero-order valence-electron chi connectivity index (χ0n) is 11.1. The second-order valence-corrected chi connectivity index (χ2v) is 4.98. The van der Waals surface area contributed by atoms with Crippen molar-refractivity contribution in [2.24, 2.45) is 0 Å². The molecule has 1 aliphatic rings. The van der Waals surface area contributed by atoms with E-state index in [0.717, 1.165) is 17.0 Å². The highest BCUT2D eigenvalue weighted by atomic mass is 16.3. The molecular weight excluding hydrogens is 256 g/mol. The summed E-state index contributed by atoms with van der Waals surface area (Å²) in [7, 11) is 0. The quantitative estimate of drug-likeness (QED) is 0.616. The van der Waals surface area contributed by atoms with Crippen molar-refractivity contribution in [2.45, 2.75) is 25.9 Å². The number of phenolic OH excluding ortho intramolecular Hbond substituents is 1. The minimum absolute atomic E-state index is 0.0696. The lowest BCUT2D eigenvalue weighted by Gasteiger charge is -2.22. The Kier molecular flexibility index (Phi) is 3.15. The molecule has 0 saturated heterocycles. The van der Waals surface area contributed by atoms with Gasteiger partial charge in [0.05, 0.1) is 29.4 Å². The van der Waals surface area contributed by atoms with Crippen LogP contribution < -0.4 is 10.6 Å². The van der Waals surface area contributed by atoms with Crippen LogP contribution in [-0.2, 0) is 17.8 Å². The van der Waals surface area contributed by atoms with Gasteiger partial charge in [0.1, 0.15) is 5.75 Å². The number of imidazole rings is 1. The molecule has 0 aliphatic carbocycles. The zero-order valence-corrected chi connectivity index (χ0v) is 11.1. The first kappa shape index (κ1) is 12.7. The Balaban J connectivity index is 1.73. The molecule has 6 nitrogen and oxygen atoms in total. The number of benzene rings is 1. The van der Waals surface area contributed by atoms with Crippen LogP contribution in [0.15, 0.2) is 24.5 Å². The SMILES string of the molecule is Cc1ccc(O)c(NC(=O)C2Cc3nc[nH]c3CN2)c1. The van der Waals surface area contributed by atoms with E-state index in [1.807, 2.05) is 6.92 Å². The number of rotatable bonds is 2. The van der Waals surface area contributed by atoms with Crippen LogP contribution in [0, 0.1) is 6.92 Å². The van der Waals surface area contributed by atoms with Crippen LogP contribution in [0.3, 0.4) is 0 Å². The number of aromatic nitrogens is 2. The van der Waals surface area contributed by atoms with Gasteiger partial charge in [-0.3, -0.25) is 10.1 Å². The Morgan fingerprint density at radius 3 is 3.20 bits per heavy atom. The third-order valence-electron chi connectivity index (χ3n) is 3.46. The van der Waals surface area contributed by atoms with E-state index in [4.69, 9.17) is 0 Å². The van der Waals surface area contributed by atoms with Crippen LogP contribution >= 0.6 is 0 Å². The number of carbonyl (C=O) groups excluding carboxylic acids is 1. The Labute approximate surface area is 116 Å². The first-order chi connectivity index (χ1) is 9.63. The number of hydrogen-bond acceptors (Lipinski definition) is 4. The molecule has 2 aromatic rings. The van der Waals surface area contributed by atoms with E-state index in [1.54, 1.807) is 24.5 Å². The van der Waals surface area contributed by atoms with Crippen LogP contribution in [-0.4, -0.2) is 27.0 Å². The number of aromatic hydroxyl groups is 1. The maximum absolute atomic E-state index is 12.2. The maximum Gasteiger partial charge on any atom is 0.242 e. The highest BCUT2D eigenvalue weighted by molar-refractivity contribution is 5.96. The lowest BCUT2D eigenvalue weighted by molar-refractivity contribution is -0.118.